The second-order valence-electron chi connectivity index (χ2n) is 3.21. The third-order valence-corrected chi connectivity index (χ3v) is 1.88. The highest BCUT2D eigenvalue weighted by Crippen LogP contribution is 2.19. The lowest BCUT2D eigenvalue weighted by molar-refractivity contribution is -0.145. The first-order valence-corrected chi connectivity index (χ1v) is 5.43. The van der Waals surface area contributed by atoms with Crippen molar-refractivity contribution in [1.29, 1.82) is 0 Å². The SMILES string of the molecule is CCOC(=O)COc1cccc(OC(=O)NC)c1. The number of carbonyl (C=O) groups is 2. The van der Waals surface area contributed by atoms with Gasteiger partial charge in [0.05, 0.1) is 6.61 Å². The van der Waals surface area contributed by atoms with Crippen LogP contribution >= 0.6 is 0 Å². The molecule has 1 aromatic rings. The molecule has 6 heteroatoms. The monoisotopic (exact) mass is 253 g/mol. The third-order valence-electron chi connectivity index (χ3n) is 1.88. The Balaban J connectivity index is 2.54. The lowest BCUT2D eigenvalue weighted by atomic mass is 10.3. The predicted octanol–water partition coefficient (Wildman–Crippen LogP) is 1.35. The molecule has 0 aliphatic heterocycles. The van der Waals surface area contributed by atoms with E-state index in [9.17, 15) is 9.59 Å². The lowest BCUT2D eigenvalue weighted by Gasteiger charge is -2.07. The van der Waals surface area contributed by atoms with Crippen LogP contribution in [0.2, 0.25) is 0 Å². The summed E-state index contributed by atoms with van der Waals surface area (Å²) < 4.78 is 14.8. The minimum atomic E-state index is -0.572. The number of amides is 1. The van der Waals surface area contributed by atoms with Crippen LogP contribution in [0.25, 0.3) is 0 Å². The first-order valence-electron chi connectivity index (χ1n) is 5.43. The maximum atomic E-state index is 11.1. The Kier molecular flexibility index (Phi) is 5.50. The molecule has 0 aromatic heterocycles. The zero-order valence-corrected chi connectivity index (χ0v) is 10.3. The molecule has 0 radical (unpaired) electrons. The van der Waals surface area contributed by atoms with Gasteiger partial charge < -0.3 is 19.5 Å². The van der Waals surface area contributed by atoms with E-state index >= 15 is 0 Å². The fraction of sp³-hybridized carbons (Fsp3) is 0.333. The van der Waals surface area contributed by atoms with Crippen molar-refractivity contribution in [3.63, 3.8) is 0 Å². The molecule has 0 fully saturated rings. The van der Waals surface area contributed by atoms with Crippen molar-refractivity contribution in [3.05, 3.63) is 24.3 Å². The van der Waals surface area contributed by atoms with Crippen molar-refractivity contribution in [2.24, 2.45) is 0 Å². The van der Waals surface area contributed by atoms with Crippen LogP contribution in [0.3, 0.4) is 0 Å². The van der Waals surface area contributed by atoms with Gasteiger partial charge in [-0.3, -0.25) is 0 Å². The van der Waals surface area contributed by atoms with E-state index in [1.165, 1.54) is 13.1 Å². The van der Waals surface area contributed by atoms with Crippen molar-refractivity contribution in [2.75, 3.05) is 20.3 Å². The van der Waals surface area contributed by atoms with Gasteiger partial charge in [0, 0.05) is 13.1 Å². The average molecular weight is 253 g/mol. The molecule has 0 unspecified atom stereocenters. The highest BCUT2D eigenvalue weighted by atomic mass is 16.6. The summed E-state index contributed by atoms with van der Waals surface area (Å²) in [5, 5.41) is 2.32. The van der Waals surface area contributed by atoms with Crippen LogP contribution in [0.15, 0.2) is 24.3 Å². The topological polar surface area (TPSA) is 73.9 Å². The smallest absolute Gasteiger partial charge is 0.412 e. The van der Waals surface area contributed by atoms with Crippen molar-refractivity contribution in [2.45, 2.75) is 6.92 Å². The molecule has 0 saturated carbocycles. The van der Waals surface area contributed by atoms with E-state index in [4.69, 9.17) is 14.2 Å². The molecule has 1 rings (SSSR count). The second-order valence-corrected chi connectivity index (χ2v) is 3.21. The van der Waals surface area contributed by atoms with Gasteiger partial charge in [-0.2, -0.15) is 0 Å². The molecule has 1 N–H and O–H groups in total. The third kappa shape index (κ3) is 4.73. The van der Waals surface area contributed by atoms with Gasteiger partial charge in [0.2, 0.25) is 0 Å². The Labute approximate surface area is 105 Å². The summed E-state index contributed by atoms with van der Waals surface area (Å²) >= 11 is 0. The van der Waals surface area contributed by atoms with E-state index in [0.29, 0.717) is 18.1 Å². The van der Waals surface area contributed by atoms with Crippen LogP contribution in [0.5, 0.6) is 11.5 Å². The van der Waals surface area contributed by atoms with E-state index in [1.54, 1.807) is 25.1 Å². The molecule has 6 nitrogen and oxygen atoms in total. The fourth-order valence-corrected chi connectivity index (χ4v) is 1.13. The molecule has 0 aliphatic rings. The average Bonchev–Trinajstić information content (AvgIpc) is 2.37. The highest BCUT2D eigenvalue weighted by molar-refractivity contribution is 5.71. The van der Waals surface area contributed by atoms with Gasteiger partial charge in [-0.25, -0.2) is 9.59 Å². The molecular formula is C12H15NO5. The molecular weight excluding hydrogens is 238 g/mol. The molecule has 18 heavy (non-hydrogen) atoms. The van der Waals surface area contributed by atoms with Crippen LogP contribution in [0.1, 0.15) is 6.92 Å². The molecule has 0 aliphatic carbocycles. The van der Waals surface area contributed by atoms with Crippen LogP contribution in [-0.4, -0.2) is 32.3 Å². The number of benzene rings is 1. The van der Waals surface area contributed by atoms with Gasteiger partial charge in [-0.15, -0.1) is 0 Å². The van der Waals surface area contributed by atoms with Crippen molar-refractivity contribution in [3.8, 4) is 11.5 Å². The quantitative estimate of drug-likeness (QED) is 0.802. The van der Waals surface area contributed by atoms with Gasteiger partial charge in [-0.05, 0) is 19.1 Å². The zero-order chi connectivity index (χ0) is 13.4. The summed E-state index contributed by atoms with van der Waals surface area (Å²) in [5.74, 6) is 0.301. The molecule has 0 bridgehead atoms. The van der Waals surface area contributed by atoms with E-state index < -0.39 is 12.1 Å². The first kappa shape index (κ1) is 13.8. The van der Waals surface area contributed by atoms with Crippen molar-refractivity contribution < 1.29 is 23.8 Å². The van der Waals surface area contributed by atoms with Crippen LogP contribution in [0.4, 0.5) is 4.79 Å². The summed E-state index contributed by atoms with van der Waals surface area (Å²) in [6.07, 6.45) is -0.572. The maximum Gasteiger partial charge on any atom is 0.412 e. The maximum absolute atomic E-state index is 11.1. The number of nitrogens with one attached hydrogen (secondary N) is 1. The summed E-state index contributed by atoms with van der Waals surface area (Å²) in [7, 11) is 1.46. The molecule has 1 amide bonds. The van der Waals surface area contributed by atoms with Gasteiger partial charge in [0.25, 0.3) is 0 Å². The Morgan fingerprint density at radius 2 is 2.00 bits per heavy atom. The molecule has 98 valence electrons. The first-order chi connectivity index (χ1) is 8.65. The number of ether oxygens (including phenoxy) is 3. The number of hydrogen-bond acceptors (Lipinski definition) is 5. The minimum Gasteiger partial charge on any atom is -0.482 e. The second kappa shape index (κ2) is 7.16. The number of hydrogen-bond donors (Lipinski definition) is 1. The predicted molar refractivity (Wildman–Crippen MR) is 63.7 cm³/mol. The molecule has 0 atom stereocenters. The number of rotatable bonds is 5. The van der Waals surface area contributed by atoms with E-state index in [1.807, 2.05) is 0 Å². The van der Waals surface area contributed by atoms with Gasteiger partial charge >= 0.3 is 12.1 Å². The Hall–Kier alpha value is -2.24. The summed E-state index contributed by atoms with van der Waals surface area (Å²) in [4.78, 5) is 22.1. The van der Waals surface area contributed by atoms with E-state index in [0.717, 1.165) is 0 Å². The Morgan fingerprint density at radius 1 is 1.28 bits per heavy atom. The highest BCUT2D eigenvalue weighted by Gasteiger charge is 2.05. The standard InChI is InChI=1S/C12H15NO5/c1-3-16-11(14)8-17-9-5-4-6-10(7-9)18-12(15)13-2/h4-7H,3,8H2,1-2H3,(H,13,15). The van der Waals surface area contributed by atoms with Crippen LogP contribution < -0.4 is 14.8 Å². The zero-order valence-electron chi connectivity index (χ0n) is 10.3. The van der Waals surface area contributed by atoms with Crippen molar-refractivity contribution >= 4 is 12.1 Å². The molecule has 1 aromatic carbocycles. The Bertz CT molecular complexity index is 419. The fourth-order valence-electron chi connectivity index (χ4n) is 1.13. The normalized spacial score (nSPS) is 9.44. The summed E-state index contributed by atoms with van der Waals surface area (Å²) in [5.41, 5.74) is 0. The largest absolute Gasteiger partial charge is 0.482 e. The lowest BCUT2D eigenvalue weighted by Crippen LogP contribution is -2.22. The van der Waals surface area contributed by atoms with Crippen LogP contribution in [0, 0.1) is 0 Å². The number of esters is 1. The minimum absolute atomic E-state index is 0.183. The molecule has 0 heterocycles. The molecule has 0 spiro atoms. The summed E-state index contributed by atoms with van der Waals surface area (Å²) in [6.45, 7) is 1.84. The van der Waals surface area contributed by atoms with E-state index in [2.05, 4.69) is 5.32 Å². The van der Waals surface area contributed by atoms with Gasteiger partial charge in [0.15, 0.2) is 6.61 Å². The van der Waals surface area contributed by atoms with E-state index in [-0.39, 0.29) is 6.61 Å². The van der Waals surface area contributed by atoms with Crippen molar-refractivity contribution in [1.82, 2.24) is 5.32 Å². The van der Waals surface area contributed by atoms with Crippen LogP contribution in [-0.2, 0) is 9.53 Å². The van der Waals surface area contributed by atoms with Gasteiger partial charge in [0.1, 0.15) is 11.5 Å². The van der Waals surface area contributed by atoms with Gasteiger partial charge in [-0.1, -0.05) is 6.07 Å². The number of carbonyl (C=O) groups excluding carboxylic acids is 2. The Morgan fingerprint density at radius 3 is 2.67 bits per heavy atom. The summed E-state index contributed by atoms with van der Waals surface area (Å²) in [6, 6.07) is 6.41. The molecule has 0 saturated heterocycles.